The Morgan fingerprint density at radius 2 is 2.00 bits per heavy atom. The zero-order chi connectivity index (χ0) is 18.0. The highest BCUT2D eigenvalue weighted by Crippen LogP contribution is 2.39. The van der Waals surface area contributed by atoms with Crippen molar-refractivity contribution in [3.05, 3.63) is 34.9 Å². The second-order valence-corrected chi connectivity index (χ2v) is 7.40. The van der Waals surface area contributed by atoms with Crippen molar-refractivity contribution in [2.24, 2.45) is 0 Å². The number of alkyl carbamates (subject to hydrolysis) is 1. The standard InChI is InChI=1S/C18H24ClNO4/c1-17(2,3)24-16(22)20-18(12-8-5-6-9-13(12)19)11-7-10-14(23-4)15(18)21/h5-6,8-9,14H,7,10-11H2,1-4H3,(H,20,22)/t14-,18-/m1/s1. The van der Waals surface area contributed by atoms with Gasteiger partial charge in [-0.3, -0.25) is 4.79 Å². The van der Waals surface area contributed by atoms with Gasteiger partial charge >= 0.3 is 6.09 Å². The highest BCUT2D eigenvalue weighted by molar-refractivity contribution is 6.31. The van der Waals surface area contributed by atoms with E-state index < -0.39 is 23.3 Å². The summed E-state index contributed by atoms with van der Waals surface area (Å²) in [4.78, 5) is 25.5. The molecule has 0 aliphatic heterocycles. The largest absolute Gasteiger partial charge is 0.444 e. The molecule has 1 fully saturated rings. The maximum Gasteiger partial charge on any atom is 0.408 e. The molecule has 0 aromatic heterocycles. The molecule has 0 bridgehead atoms. The normalized spacial score (nSPS) is 24.5. The van der Waals surface area contributed by atoms with Gasteiger partial charge in [0, 0.05) is 17.7 Å². The molecule has 1 aliphatic rings. The van der Waals surface area contributed by atoms with Crippen LogP contribution < -0.4 is 5.32 Å². The molecule has 1 saturated carbocycles. The molecule has 0 spiro atoms. The van der Waals surface area contributed by atoms with Gasteiger partial charge in [-0.2, -0.15) is 0 Å². The number of ether oxygens (including phenoxy) is 2. The number of ketones is 1. The van der Waals surface area contributed by atoms with Crippen LogP contribution in [-0.2, 0) is 19.8 Å². The first-order valence-electron chi connectivity index (χ1n) is 8.03. The molecule has 1 N–H and O–H groups in total. The number of carbonyl (C=O) groups excluding carboxylic acids is 2. The number of methoxy groups -OCH3 is 1. The summed E-state index contributed by atoms with van der Waals surface area (Å²) < 4.78 is 10.7. The van der Waals surface area contributed by atoms with E-state index in [0.717, 1.165) is 6.42 Å². The first-order chi connectivity index (χ1) is 11.2. The third-order valence-electron chi connectivity index (χ3n) is 4.06. The van der Waals surface area contributed by atoms with Crippen molar-refractivity contribution in [1.29, 1.82) is 0 Å². The molecule has 24 heavy (non-hydrogen) atoms. The van der Waals surface area contributed by atoms with Crippen molar-refractivity contribution >= 4 is 23.5 Å². The third-order valence-corrected chi connectivity index (χ3v) is 4.39. The molecule has 1 aromatic carbocycles. The minimum absolute atomic E-state index is 0.199. The molecule has 2 rings (SSSR count). The second-order valence-electron chi connectivity index (χ2n) is 6.99. The summed E-state index contributed by atoms with van der Waals surface area (Å²) in [6.07, 6.45) is 0.578. The Balaban J connectivity index is 2.44. The van der Waals surface area contributed by atoms with Crippen LogP contribution >= 0.6 is 11.6 Å². The van der Waals surface area contributed by atoms with Crippen LogP contribution in [0.25, 0.3) is 0 Å². The van der Waals surface area contributed by atoms with Crippen LogP contribution in [0.1, 0.15) is 45.6 Å². The van der Waals surface area contributed by atoms with E-state index in [4.69, 9.17) is 21.1 Å². The van der Waals surface area contributed by atoms with Gasteiger partial charge < -0.3 is 14.8 Å². The fraction of sp³-hybridized carbons (Fsp3) is 0.556. The molecule has 132 valence electrons. The number of hydrogen-bond donors (Lipinski definition) is 1. The summed E-state index contributed by atoms with van der Waals surface area (Å²) in [6.45, 7) is 5.32. The van der Waals surface area contributed by atoms with Crippen LogP contribution in [0.4, 0.5) is 4.79 Å². The van der Waals surface area contributed by atoms with Gasteiger partial charge in [0.15, 0.2) is 5.78 Å². The predicted octanol–water partition coefficient (Wildman–Crippen LogP) is 3.83. The highest BCUT2D eigenvalue weighted by Gasteiger charge is 2.49. The molecule has 0 saturated heterocycles. The number of nitrogens with one attached hydrogen (secondary N) is 1. The summed E-state index contributed by atoms with van der Waals surface area (Å²) in [7, 11) is 1.50. The summed E-state index contributed by atoms with van der Waals surface area (Å²) in [5.74, 6) is -0.199. The predicted molar refractivity (Wildman–Crippen MR) is 92.2 cm³/mol. The van der Waals surface area contributed by atoms with Crippen LogP contribution in [0, 0.1) is 0 Å². The van der Waals surface area contributed by atoms with Crippen LogP contribution in [0.2, 0.25) is 5.02 Å². The van der Waals surface area contributed by atoms with E-state index in [1.807, 2.05) is 0 Å². The molecule has 0 unspecified atom stereocenters. The number of hydrogen-bond acceptors (Lipinski definition) is 4. The smallest absolute Gasteiger partial charge is 0.408 e. The van der Waals surface area contributed by atoms with Gasteiger partial charge in [0.1, 0.15) is 17.2 Å². The summed E-state index contributed by atoms with van der Waals surface area (Å²) >= 11 is 6.33. The van der Waals surface area contributed by atoms with Crippen LogP contribution in [0.3, 0.4) is 0 Å². The van der Waals surface area contributed by atoms with Crippen LogP contribution in [-0.4, -0.2) is 30.7 Å². The lowest BCUT2D eigenvalue weighted by molar-refractivity contribution is -0.140. The average molecular weight is 354 g/mol. The summed E-state index contributed by atoms with van der Waals surface area (Å²) in [5, 5.41) is 3.21. The molecule has 0 heterocycles. The van der Waals surface area contributed by atoms with Gasteiger partial charge in [-0.15, -0.1) is 0 Å². The van der Waals surface area contributed by atoms with E-state index in [-0.39, 0.29) is 5.78 Å². The van der Waals surface area contributed by atoms with Gasteiger partial charge in [-0.05, 0) is 46.1 Å². The van der Waals surface area contributed by atoms with Crippen molar-refractivity contribution < 1.29 is 19.1 Å². The zero-order valence-electron chi connectivity index (χ0n) is 14.5. The van der Waals surface area contributed by atoms with Gasteiger partial charge in [0.2, 0.25) is 0 Å². The Bertz CT molecular complexity index is 626. The van der Waals surface area contributed by atoms with Crippen molar-refractivity contribution in [2.45, 2.75) is 57.3 Å². The van der Waals surface area contributed by atoms with Crippen molar-refractivity contribution in [1.82, 2.24) is 5.32 Å². The van der Waals surface area contributed by atoms with E-state index in [2.05, 4.69) is 5.32 Å². The molecular formula is C18H24ClNO4. The molecule has 5 nitrogen and oxygen atoms in total. The molecule has 6 heteroatoms. The maximum atomic E-state index is 13.1. The molecule has 0 radical (unpaired) electrons. The quantitative estimate of drug-likeness (QED) is 0.897. The van der Waals surface area contributed by atoms with E-state index in [9.17, 15) is 9.59 Å². The minimum atomic E-state index is -1.24. The SMILES string of the molecule is CO[C@@H]1CCC[C@@](NC(=O)OC(C)(C)C)(c2ccccc2Cl)C1=O. The lowest BCUT2D eigenvalue weighted by Crippen LogP contribution is -2.58. The van der Waals surface area contributed by atoms with Crippen molar-refractivity contribution in [3.8, 4) is 0 Å². The Kier molecular flexibility index (Phi) is 5.56. The fourth-order valence-corrected chi connectivity index (χ4v) is 3.35. The lowest BCUT2D eigenvalue weighted by Gasteiger charge is -2.40. The Hall–Kier alpha value is -1.59. The monoisotopic (exact) mass is 353 g/mol. The Morgan fingerprint density at radius 1 is 1.33 bits per heavy atom. The number of amides is 1. The highest BCUT2D eigenvalue weighted by atomic mass is 35.5. The molecule has 1 aliphatic carbocycles. The van der Waals surface area contributed by atoms with Crippen LogP contribution in [0.5, 0.6) is 0 Å². The molecule has 1 aromatic rings. The van der Waals surface area contributed by atoms with Gasteiger partial charge in [-0.25, -0.2) is 4.79 Å². The van der Waals surface area contributed by atoms with E-state index in [0.29, 0.717) is 23.4 Å². The third kappa shape index (κ3) is 3.90. The lowest BCUT2D eigenvalue weighted by atomic mass is 9.74. The molecule has 1 amide bonds. The first-order valence-corrected chi connectivity index (χ1v) is 8.41. The Labute approximate surface area is 147 Å². The van der Waals surface area contributed by atoms with Gasteiger partial charge in [-0.1, -0.05) is 29.8 Å². The second kappa shape index (κ2) is 7.11. The number of benzene rings is 1. The van der Waals surface area contributed by atoms with Crippen molar-refractivity contribution in [3.63, 3.8) is 0 Å². The maximum absolute atomic E-state index is 13.1. The number of carbonyl (C=O) groups is 2. The van der Waals surface area contributed by atoms with Gasteiger partial charge in [0.05, 0.1) is 0 Å². The summed E-state index contributed by atoms with van der Waals surface area (Å²) in [5.41, 5.74) is -1.33. The summed E-state index contributed by atoms with van der Waals surface area (Å²) in [6, 6.07) is 7.05. The minimum Gasteiger partial charge on any atom is -0.444 e. The Morgan fingerprint density at radius 3 is 2.58 bits per heavy atom. The molecule has 2 atom stereocenters. The van der Waals surface area contributed by atoms with Gasteiger partial charge in [0.25, 0.3) is 0 Å². The zero-order valence-corrected chi connectivity index (χ0v) is 15.3. The number of Topliss-reactive ketones (excluding diaryl/α,β-unsaturated/α-hetero) is 1. The van der Waals surface area contributed by atoms with E-state index in [1.165, 1.54) is 7.11 Å². The first kappa shape index (κ1) is 18.7. The topological polar surface area (TPSA) is 64.6 Å². The number of rotatable bonds is 3. The molecular weight excluding hydrogens is 330 g/mol. The average Bonchev–Trinajstić information content (AvgIpc) is 2.48. The van der Waals surface area contributed by atoms with Crippen LogP contribution in [0.15, 0.2) is 24.3 Å². The van der Waals surface area contributed by atoms with Crippen molar-refractivity contribution in [2.75, 3.05) is 7.11 Å². The van der Waals surface area contributed by atoms with E-state index >= 15 is 0 Å². The fourth-order valence-electron chi connectivity index (χ4n) is 3.05. The number of halogens is 1. The van der Waals surface area contributed by atoms with E-state index in [1.54, 1.807) is 45.0 Å².